The van der Waals surface area contributed by atoms with Gasteiger partial charge in [-0.2, -0.15) is 0 Å². The molecule has 0 bridgehead atoms. The van der Waals surface area contributed by atoms with Crippen molar-refractivity contribution in [2.24, 2.45) is 17.8 Å². The predicted molar refractivity (Wildman–Crippen MR) is 82.7 cm³/mol. The van der Waals surface area contributed by atoms with Crippen molar-refractivity contribution < 1.29 is 26.3 Å². The number of hydrogen-bond donors (Lipinski definition) is 0. The van der Waals surface area contributed by atoms with Gasteiger partial charge >= 0.3 is 0 Å². The van der Waals surface area contributed by atoms with Crippen LogP contribution in [0.5, 0.6) is 0 Å². The highest BCUT2D eigenvalue weighted by Gasteiger charge is 2.52. The number of halogens is 6. The monoisotopic (exact) mass is 364 g/mol. The van der Waals surface area contributed by atoms with Gasteiger partial charge in [0.2, 0.25) is 0 Å². The van der Waals surface area contributed by atoms with E-state index in [2.05, 4.69) is 0 Å². The van der Waals surface area contributed by atoms with Gasteiger partial charge in [0, 0.05) is 6.42 Å². The van der Waals surface area contributed by atoms with E-state index in [1.807, 2.05) is 0 Å². The molecule has 2 aliphatic rings. The summed E-state index contributed by atoms with van der Waals surface area (Å²) in [5.74, 6) is -9.36. The van der Waals surface area contributed by atoms with Crippen LogP contribution in [0.3, 0.4) is 0 Å². The smallest absolute Gasteiger partial charge is 0.247 e. The molecule has 0 radical (unpaired) electrons. The second kappa shape index (κ2) is 6.84. The zero-order chi connectivity index (χ0) is 18.4. The Hall–Kier alpha value is -1.20. The second-order valence-corrected chi connectivity index (χ2v) is 7.60. The Labute approximate surface area is 143 Å². The first-order valence-electron chi connectivity index (χ1n) is 8.89. The van der Waals surface area contributed by atoms with Crippen LogP contribution in [-0.4, -0.2) is 12.1 Å². The maximum atomic E-state index is 14.5. The molecule has 0 aliphatic heterocycles. The highest BCUT2D eigenvalue weighted by molar-refractivity contribution is 5.25. The second-order valence-electron chi connectivity index (χ2n) is 7.60. The zero-order valence-corrected chi connectivity index (χ0v) is 14.1. The van der Waals surface area contributed by atoms with Crippen molar-refractivity contribution in [2.75, 3.05) is 0 Å². The molecular weight excluding hydrogens is 342 g/mol. The standard InChI is InChI=1S/C19H22F6/c1-2-3-14-15(20)6-11-4-10(5-13(11)9-19(14,24)25)12-7-16(21)18(23)17(22)8-12/h7-8,10-11,13-15H,2-6,9H2,1H3. The SMILES string of the molecule is CCCC1C(F)CC2CC(c3cc(F)c(F)c(F)c3)CC2CC1(F)F. The van der Waals surface area contributed by atoms with Crippen LogP contribution in [0.1, 0.15) is 56.9 Å². The van der Waals surface area contributed by atoms with Crippen LogP contribution >= 0.6 is 0 Å². The average Bonchev–Trinajstić information content (AvgIpc) is 2.87. The van der Waals surface area contributed by atoms with Crippen molar-refractivity contribution >= 4 is 0 Å². The fourth-order valence-corrected chi connectivity index (χ4v) is 4.76. The molecular formula is C19H22F6. The quantitative estimate of drug-likeness (QED) is 0.430. The van der Waals surface area contributed by atoms with Crippen LogP contribution in [0.25, 0.3) is 0 Å². The number of fused-ring (bicyclic) bond motifs is 1. The molecule has 2 aliphatic carbocycles. The lowest BCUT2D eigenvalue weighted by atomic mass is 9.87. The van der Waals surface area contributed by atoms with Crippen LogP contribution in [0.15, 0.2) is 12.1 Å². The van der Waals surface area contributed by atoms with Gasteiger partial charge in [0.15, 0.2) is 17.5 Å². The van der Waals surface area contributed by atoms with E-state index in [4.69, 9.17) is 0 Å². The molecule has 3 rings (SSSR count). The molecule has 2 fully saturated rings. The fourth-order valence-electron chi connectivity index (χ4n) is 4.76. The Bertz CT molecular complexity index is 605. The van der Waals surface area contributed by atoms with Gasteiger partial charge in [-0.05, 0) is 61.1 Å². The Morgan fingerprint density at radius 2 is 1.60 bits per heavy atom. The third kappa shape index (κ3) is 3.54. The molecule has 1 aromatic carbocycles. The molecule has 0 heterocycles. The van der Waals surface area contributed by atoms with Crippen molar-refractivity contribution in [2.45, 2.75) is 63.5 Å². The zero-order valence-electron chi connectivity index (χ0n) is 14.1. The summed E-state index contributed by atoms with van der Waals surface area (Å²) in [5.41, 5.74) is 0.272. The lowest BCUT2D eigenvalue weighted by molar-refractivity contribution is -0.0950. The van der Waals surface area contributed by atoms with Gasteiger partial charge in [-0.15, -0.1) is 0 Å². The Balaban J connectivity index is 1.81. The Morgan fingerprint density at radius 3 is 2.20 bits per heavy atom. The first-order chi connectivity index (χ1) is 11.7. The molecule has 2 saturated carbocycles. The average molecular weight is 364 g/mol. The third-order valence-corrected chi connectivity index (χ3v) is 5.96. The van der Waals surface area contributed by atoms with E-state index in [9.17, 15) is 26.3 Å². The normalized spacial score (nSPS) is 34.6. The van der Waals surface area contributed by atoms with Crippen LogP contribution < -0.4 is 0 Å². The highest BCUT2D eigenvalue weighted by Crippen LogP contribution is 2.54. The lowest BCUT2D eigenvalue weighted by Gasteiger charge is -2.28. The number of hydrogen-bond acceptors (Lipinski definition) is 0. The molecule has 0 N–H and O–H groups in total. The maximum Gasteiger partial charge on any atom is 0.253 e. The summed E-state index contributed by atoms with van der Waals surface area (Å²) >= 11 is 0. The summed E-state index contributed by atoms with van der Waals surface area (Å²) in [7, 11) is 0. The molecule has 6 heteroatoms. The van der Waals surface area contributed by atoms with Gasteiger partial charge in [-0.25, -0.2) is 26.3 Å². The van der Waals surface area contributed by atoms with E-state index in [0.717, 1.165) is 12.1 Å². The summed E-state index contributed by atoms with van der Waals surface area (Å²) in [6.07, 6.45) is -0.483. The summed E-state index contributed by atoms with van der Waals surface area (Å²) in [6, 6.07) is 1.86. The van der Waals surface area contributed by atoms with Crippen LogP contribution in [-0.2, 0) is 0 Å². The van der Waals surface area contributed by atoms with Crippen molar-refractivity contribution in [3.05, 3.63) is 35.1 Å². The molecule has 25 heavy (non-hydrogen) atoms. The van der Waals surface area contributed by atoms with Crippen LogP contribution in [0.2, 0.25) is 0 Å². The topological polar surface area (TPSA) is 0 Å². The maximum absolute atomic E-state index is 14.5. The van der Waals surface area contributed by atoms with Crippen LogP contribution in [0, 0.1) is 35.2 Å². The molecule has 1 aromatic rings. The highest BCUT2D eigenvalue weighted by atomic mass is 19.3. The van der Waals surface area contributed by atoms with Gasteiger partial charge in [-0.1, -0.05) is 13.3 Å². The van der Waals surface area contributed by atoms with Gasteiger partial charge in [-0.3, -0.25) is 0 Å². The van der Waals surface area contributed by atoms with Crippen molar-refractivity contribution in [3.8, 4) is 0 Å². The molecule has 0 saturated heterocycles. The van der Waals surface area contributed by atoms with E-state index in [0.29, 0.717) is 19.3 Å². The molecule has 0 amide bonds. The fraction of sp³-hybridized carbons (Fsp3) is 0.684. The van der Waals surface area contributed by atoms with Crippen molar-refractivity contribution in [1.29, 1.82) is 0 Å². The Kier molecular flexibility index (Phi) is 5.09. The van der Waals surface area contributed by atoms with E-state index in [-0.39, 0.29) is 42.6 Å². The van der Waals surface area contributed by atoms with E-state index >= 15 is 0 Å². The largest absolute Gasteiger partial charge is 0.253 e. The summed E-state index contributed by atoms with van der Waals surface area (Å²) in [4.78, 5) is 0. The van der Waals surface area contributed by atoms with Gasteiger partial charge in [0.05, 0.1) is 5.92 Å². The lowest BCUT2D eigenvalue weighted by Crippen LogP contribution is -2.34. The van der Waals surface area contributed by atoms with Gasteiger partial charge in [0.25, 0.3) is 5.92 Å². The van der Waals surface area contributed by atoms with Crippen LogP contribution in [0.4, 0.5) is 26.3 Å². The first-order valence-corrected chi connectivity index (χ1v) is 8.89. The first kappa shape index (κ1) is 18.6. The molecule has 0 nitrogen and oxygen atoms in total. The number of rotatable bonds is 3. The number of alkyl halides is 3. The molecule has 0 spiro atoms. The molecule has 5 atom stereocenters. The predicted octanol–water partition coefficient (Wildman–Crippen LogP) is 6.40. The third-order valence-electron chi connectivity index (χ3n) is 5.96. The summed E-state index contributed by atoms with van der Waals surface area (Å²) in [5, 5.41) is 0. The van der Waals surface area contributed by atoms with Crippen molar-refractivity contribution in [1.82, 2.24) is 0 Å². The minimum absolute atomic E-state index is 0.0631. The Morgan fingerprint density at radius 1 is 1.00 bits per heavy atom. The van der Waals surface area contributed by atoms with Gasteiger partial charge < -0.3 is 0 Å². The minimum Gasteiger partial charge on any atom is -0.247 e. The number of benzene rings is 1. The summed E-state index contributed by atoms with van der Waals surface area (Å²) in [6.45, 7) is 1.77. The molecule has 0 aromatic heterocycles. The van der Waals surface area contributed by atoms with E-state index in [1.54, 1.807) is 6.92 Å². The van der Waals surface area contributed by atoms with E-state index in [1.165, 1.54) is 0 Å². The van der Waals surface area contributed by atoms with E-state index < -0.39 is 35.5 Å². The van der Waals surface area contributed by atoms with Gasteiger partial charge in [0.1, 0.15) is 6.17 Å². The molecule has 5 unspecified atom stereocenters. The summed E-state index contributed by atoms with van der Waals surface area (Å²) < 4.78 is 83.5. The molecule has 140 valence electrons. The minimum atomic E-state index is -3.07. The van der Waals surface area contributed by atoms with Crippen molar-refractivity contribution in [3.63, 3.8) is 0 Å².